The Morgan fingerprint density at radius 2 is 1.63 bits per heavy atom. The second-order valence-corrected chi connectivity index (χ2v) is 4.69. The first kappa shape index (κ1) is 13.1. The summed E-state index contributed by atoms with van der Waals surface area (Å²) in [4.78, 5) is 13.9. The molecule has 0 fully saturated rings. The number of aryl methyl sites for hydroxylation is 1. The molecule has 98 valence electrons. The van der Waals surface area contributed by atoms with E-state index in [0.717, 1.165) is 11.1 Å². The molecule has 0 atom stereocenters. The standard InChI is InChI=1S/C16H17NO2/c1-12-3-7-14(8-4-12)16(19)17(2)11-13-5-9-15(18)10-6-13/h3-10,18H,11H2,1-2H3. The van der Waals surface area contributed by atoms with Gasteiger partial charge in [-0.2, -0.15) is 0 Å². The van der Waals surface area contributed by atoms with Gasteiger partial charge >= 0.3 is 0 Å². The number of hydrogen-bond donors (Lipinski definition) is 1. The molecule has 0 heterocycles. The van der Waals surface area contributed by atoms with Crippen molar-refractivity contribution in [1.29, 1.82) is 0 Å². The smallest absolute Gasteiger partial charge is 0.253 e. The minimum atomic E-state index is -0.00641. The van der Waals surface area contributed by atoms with Crippen LogP contribution in [0.2, 0.25) is 0 Å². The second kappa shape index (κ2) is 5.57. The van der Waals surface area contributed by atoms with E-state index in [2.05, 4.69) is 0 Å². The van der Waals surface area contributed by atoms with Crippen LogP contribution in [0.15, 0.2) is 48.5 Å². The monoisotopic (exact) mass is 255 g/mol. The van der Waals surface area contributed by atoms with Crippen LogP contribution in [0.5, 0.6) is 5.75 Å². The molecule has 1 amide bonds. The molecule has 0 bridgehead atoms. The summed E-state index contributed by atoms with van der Waals surface area (Å²) < 4.78 is 0. The fourth-order valence-electron chi connectivity index (χ4n) is 1.86. The molecule has 0 aliphatic heterocycles. The number of aromatic hydroxyl groups is 1. The Labute approximate surface area is 113 Å². The Morgan fingerprint density at radius 1 is 1.05 bits per heavy atom. The predicted molar refractivity (Wildman–Crippen MR) is 75.1 cm³/mol. The highest BCUT2D eigenvalue weighted by Crippen LogP contribution is 2.13. The van der Waals surface area contributed by atoms with E-state index in [9.17, 15) is 9.90 Å². The third-order valence-electron chi connectivity index (χ3n) is 3.00. The Kier molecular flexibility index (Phi) is 3.85. The Morgan fingerprint density at radius 3 is 2.21 bits per heavy atom. The molecule has 3 nitrogen and oxygen atoms in total. The molecule has 0 saturated heterocycles. The van der Waals surface area contributed by atoms with E-state index in [0.29, 0.717) is 12.1 Å². The van der Waals surface area contributed by atoms with Gasteiger partial charge < -0.3 is 10.0 Å². The molecule has 1 N–H and O–H groups in total. The van der Waals surface area contributed by atoms with Gasteiger partial charge in [0.05, 0.1) is 0 Å². The van der Waals surface area contributed by atoms with E-state index < -0.39 is 0 Å². The third kappa shape index (κ3) is 3.35. The SMILES string of the molecule is Cc1ccc(C(=O)N(C)Cc2ccc(O)cc2)cc1. The third-order valence-corrected chi connectivity index (χ3v) is 3.00. The van der Waals surface area contributed by atoms with Crippen LogP contribution in [0.1, 0.15) is 21.5 Å². The maximum absolute atomic E-state index is 12.2. The molecule has 0 unspecified atom stereocenters. The zero-order valence-electron chi connectivity index (χ0n) is 11.1. The minimum Gasteiger partial charge on any atom is -0.508 e. The Hall–Kier alpha value is -2.29. The van der Waals surface area contributed by atoms with Crippen molar-refractivity contribution in [3.05, 3.63) is 65.2 Å². The van der Waals surface area contributed by atoms with Gasteiger partial charge in [0.15, 0.2) is 0 Å². The molecule has 0 aliphatic rings. The first-order chi connectivity index (χ1) is 9.06. The van der Waals surface area contributed by atoms with Gasteiger partial charge in [0.2, 0.25) is 0 Å². The van der Waals surface area contributed by atoms with Crippen LogP contribution in [0.4, 0.5) is 0 Å². The number of phenolic OH excluding ortho intramolecular Hbond substituents is 1. The van der Waals surface area contributed by atoms with Gasteiger partial charge in [0.25, 0.3) is 5.91 Å². The second-order valence-electron chi connectivity index (χ2n) is 4.69. The summed E-state index contributed by atoms with van der Waals surface area (Å²) in [5, 5.41) is 9.22. The van der Waals surface area contributed by atoms with Crippen molar-refractivity contribution in [2.45, 2.75) is 13.5 Å². The fraction of sp³-hybridized carbons (Fsp3) is 0.188. The molecule has 0 spiro atoms. The highest BCUT2D eigenvalue weighted by molar-refractivity contribution is 5.94. The van der Waals surface area contributed by atoms with Crippen molar-refractivity contribution < 1.29 is 9.90 Å². The van der Waals surface area contributed by atoms with Crippen molar-refractivity contribution in [2.75, 3.05) is 7.05 Å². The van der Waals surface area contributed by atoms with Crippen LogP contribution in [0, 0.1) is 6.92 Å². The largest absolute Gasteiger partial charge is 0.508 e. The van der Waals surface area contributed by atoms with Crippen molar-refractivity contribution in [3.63, 3.8) is 0 Å². The lowest BCUT2D eigenvalue weighted by atomic mass is 10.1. The first-order valence-corrected chi connectivity index (χ1v) is 6.16. The highest BCUT2D eigenvalue weighted by Gasteiger charge is 2.11. The maximum atomic E-state index is 12.2. The minimum absolute atomic E-state index is 0.00641. The molecular weight excluding hydrogens is 238 g/mol. The number of benzene rings is 2. The molecule has 0 saturated carbocycles. The number of carbonyl (C=O) groups excluding carboxylic acids is 1. The summed E-state index contributed by atoms with van der Waals surface area (Å²) in [5.41, 5.74) is 2.81. The normalized spacial score (nSPS) is 10.2. The predicted octanol–water partition coefficient (Wildman–Crippen LogP) is 2.97. The zero-order chi connectivity index (χ0) is 13.8. The first-order valence-electron chi connectivity index (χ1n) is 6.16. The molecule has 3 heteroatoms. The van der Waals surface area contributed by atoms with Crippen LogP contribution in [-0.4, -0.2) is 23.0 Å². The molecular formula is C16H17NO2. The van der Waals surface area contributed by atoms with Gasteiger partial charge in [-0.3, -0.25) is 4.79 Å². The molecule has 0 radical (unpaired) electrons. The molecule has 2 aromatic carbocycles. The number of nitrogens with zero attached hydrogens (tertiary/aromatic N) is 1. The number of phenols is 1. The van der Waals surface area contributed by atoms with E-state index in [1.807, 2.05) is 43.3 Å². The molecule has 0 aliphatic carbocycles. The lowest BCUT2D eigenvalue weighted by Crippen LogP contribution is -2.26. The molecule has 2 aromatic rings. The quantitative estimate of drug-likeness (QED) is 0.916. The van der Waals surface area contributed by atoms with Gasteiger partial charge in [-0.1, -0.05) is 29.8 Å². The van der Waals surface area contributed by atoms with E-state index in [4.69, 9.17) is 0 Å². The lowest BCUT2D eigenvalue weighted by molar-refractivity contribution is 0.0785. The van der Waals surface area contributed by atoms with Crippen LogP contribution in [0.25, 0.3) is 0 Å². The van der Waals surface area contributed by atoms with Gasteiger partial charge in [-0.05, 0) is 36.8 Å². The van der Waals surface area contributed by atoms with E-state index in [1.54, 1.807) is 24.1 Å². The van der Waals surface area contributed by atoms with Crippen molar-refractivity contribution in [3.8, 4) is 5.75 Å². The molecule has 19 heavy (non-hydrogen) atoms. The summed E-state index contributed by atoms with van der Waals surface area (Å²) in [6, 6.07) is 14.4. The molecule has 0 aromatic heterocycles. The zero-order valence-corrected chi connectivity index (χ0v) is 11.1. The van der Waals surface area contributed by atoms with Gasteiger partial charge in [-0.25, -0.2) is 0 Å². The lowest BCUT2D eigenvalue weighted by Gasteiger charge is -2.17. The van der Waals surface area contributed by atoms with E-state index in [-0.39, 0.29) is 11.7 Å². The van der Waals surface area contributed by atoms with Crippen molar-refractivity contribution in [1.82, 2.24) is 4.90 Å². The number of rotatable bonds is 3. The summed E-state index contributed by atoms with van der Waals surface area (Å²) in [6.07, 6.45) is 0. The summed E-state index contributed by atoms with van der Waals surface area (Å²) in [6.45, 7) is 2.52. The van der Waals surface area contributed by atoms with Crippen LogP contribution in [0.3, 0.4) is 0 Å². The maximum Gasteiger partial charge on any atom is 0.253 e. The average Bonchev–Trinajstić information content (AvgIpc) is 2.41. The number of carbonyl (C=O) groups is 1. The van der Waals surface area contributed by atoms with Crippen LogP contribution < -0.4 is 0 Å². The van der Waals surface area contributed by atoms with Crippen LogP contribution >= 0.6 is 0 Å². The topological polar surface area (TPSA) is 40.5 Å². The van der Waals surface area contributed by atoms with E-state index >= 15 is 0 Å². The number of amides is 1. The van der Waals surface area contributed by atoms with Crippen molar-refractivity contribution in [2.24, 2.45) is 0 Å². The Bertz CT molecular complexity index is 558. The van der Waals surface area contributed by atoms with Gasteiger partial charge in [-0.15, -0.1) is 0 Å². The average molecular weight is 255 g/mol. The highest BCUT2D eigenvalue weighted by atomic mass is 16.3. The summed E-state index contributed by atoms with van der Waals surface area (Å²) in [5.74, 6) is 0.226. The fourth-order valence-corrected chi connectivity index (χ4v) is 1.86. The van der Waals surface area contributed by atoms with Gasteiger partial charge in [0, 0.05) is 19.2 Å². The number of hydrogen-bond acceptors (Lipinski definition) is 2. The summed E-state index contributed by atoms with van der Waals surface area (Å²) in [7, 11) is 1.77. The van der Waals surface area contributed by atoms with Crippen molar-refractivity contribution >= 4 is 5.91 Å². The Balaban J connectivity index is 2.07. The van der Waals surface area contributed by atoms with E-state index in [1.165, 1.54) is 0 Å². The summed E-state index contributed by atoms with van der Waals surface area (Å²) >= 11 is 0. The van der Waals surface area contributed by atoms with Gasteiger partial charge in [0.1, 0.15) is 5.75 Å². The molecule has 2 rings (SSSR count). The van der Waals surface area contributed by atoms with Crippen LogP contribution in [-0.2, 0) is 6.54 Å².